The number of hydrogen-bond donors (Lipinski definition) is 2. The van der Waals surface area contributed by atoms with Crippen molar-refractivity contribution in [2.45, 2.75) is 76.2 Å². The standard InChI is InChI=1S/C42H54N10O3/c1-48(2)41(55)36-26-31-27-44-42(47-39(31)52(36)33-7-3-4-8-33)45-37-15-13-34(28-43-37)51-24-22-49(23-25-51)19-5-6-29-17-20-50(21-18-29)32-11-9-30(10-12-32)35-14-16-38(53)46-40(35)54/h9-13,15,26-29,33,35H,3-8,14,16-25H2,1-2H3,(H,46,53,54)(H,43,44,45,47). The summed E-state index contributed by atoms with van der Waals surface area (Å²) in [6.07, 6.45) is 14.1. The third-order valence-electron chi connectivity index (χ3n) is 12.2. The first-order valence-corrected chi connectivity index (χ1v) is 20.3. The summed E-state index contributed by atoms with van der Waals surface area (Å²) >= 11 is 0. The Morgan fingerprint density at radius 2 is 1.58 bits per heavy atom. The molecule has 3 amide bonds. The largest absolute Gasteiger partial charge is 0.372 e. The lowest BCUT2D eigenvalue weighted by Gasteiger charge is -2.37. The van der Waals surface area contributed by atoms with Crippen molar-refractivity contribution >= 4 is 51.9 Å². The van der Waals surface area contributed by atoms with Crippen molar-refractivity contribution < 1.29 is 14.4 Å². The molecule has 55 heavy (non-hydrogen) atoms. The van der Waals surface area contributed by atoms with Crippen LogP contribution < -0.4 is 20.4 Å². The summed E-state index contributed by atoms with van der Waals surface area (Å²) < 4.78 is 2.13. The van der Waals surface area contributed by atoms with E-state index in [1.54, 1.807) is 25.2 Å². The Hall–Kier alpha value is -5.04. The fourth-order valence-electron chi connectivity index (χ4n) is 9.00. The number of rotatable bonds is 11. The normalized spacial score (nSPS) is 20.3. The number of piperidine rings is 2. The summed E-state index contributed by atoms with van der Waals surface area (Å²) in [5, 5.41) is 6.64. The van der Waals surface area contributed by atoms with Crippen molar-refractivity contribution in [3.8, 4) is 0 Å². The lowest BCUT2D eigenvalue weighted by atomic mass is 9.89. The van der Waals surface area contributed by atoms with E-state index in [1.807, 2.05) is 18.3 Å². The van der Waals surface area contributed by atoms with Gasteiger partial charge in [-0.15, -0.1) is 0 Å². The van der Waals surface area contributed by atoms with Crippen LogP contribution in [0.4, 0.5) is 23.1 Å². The number of amides is 3. The third kappa shape index (κ3) is 8.31. The number of pyridine rings is 1. The predicted molar refractivity (Wildman–Crippen MR) is 215 cm³/mol. The lowest BCUT2D eigenvalue weighted by Crippen LogP contribution is -2.46. The maximum absolute atomic E-state index is 13.1. The molecule has 4 fully saturated rings. The van der Waals surface area contributed by atoms with Crippen molar-refractivity contribution in [2.24, 2.45) is 5.92 Å². The first-order chi connectivity index (χ1) is 26.8. The molecule has 1 saturated carbocycles. The average Bonchev–Trinajstić information content (AvgIpc) is 3.87. The number of carbonyl (C=O) groups excluding carboxylic acids is 3. The Morgan fingerprint density at radius 3 is 2.27 bits per heavy atom. The van der Waals surface area contributed by atoms with Crippen molar-refractivity contribution in [3.05, 3.63) is 66.1 Å². The molecule has 3 aromatic heterocycles. The Labute approximate surface area is 323 Å². The van der Waals surface area contributed by atoms with E-state index in [0.29, 0.717) is 30.3 Å². The lowest BCUT2D eigenvalue weighted by molar-refractivity contribution is -0.134. The molecule has 1 aromatic carbocycles. The monoisotopic (exact) mass is 746 g/mol. The maximum atomic E-state index is 13.1. The van der Waals surface area contributed by atoms with Crippen molar-refractivity contribution in [3.63, 3.8) is 0 Å². The zero-order chi connectivity index (χ0) is 37.9. The highest BCUT2D eigenvalue weighted by Crippen LogP contribution is 2.35. The molecule has 13 heteroatoms. The molecule has 3 aliphatic heterocycles. The SMILES string of the molecule is CN(C)C(=O)c1cc2cnc(Nc3ccc(N4CCN(CCCC5CCN(c6ccc(C7CCC(=O)NC7=O)cc6)CC5)CC4)cn3)nc2n1C1CCCC1. The first-order valence-electron chi connectivity index (χ1n) is 20.3. The molecule has 3 saturated heterocycles. The van der Waals surface area contributed by atoms with Crippen LogP contribution in [0.2, 0.25) is 0 Å². The van der Waals surface area contributed by atoms with Crippen molar-refractivity contribution in [2.75, 3.05) is 75.0 Å². The smallest absolute Gasteiger partial charge is 0.270 e. The minimum absolute atomic E-state index is 0.0135. The fourth-order valence-corrected chi connectivity index (χ4v) is 9.00. The zero-order valence-electron chi connectivity index (χ0n) is 32.3. The van der Waals surface area contributed by atoms with Gasteiger partial charge in [-0.3, -0.25) is 24.6 Å². The van der Waals surface area contributed by atoms with Crippen LogP contribution in [0.25, 0.3) is 11.0 Å². The van der Waals surface area contributed by atoms with E-state index in [1.165, 1.54) is 44.2 Å². The van der Waals surface area contributed by atoms with E-state index in [4.69, 9.17) is 9.97 Å². The number of hydrogen-bond acceptors (Lipinski definition) is 10. The highest BCUT2D eigenvalue weighted by Gasteiger charge is 2.29. The Morgan fingerprint density at radius 1 is 0.855 bits per heavy atom. The van der Waals surface area contributed by atoms with E-state index in [0.717, 1.165) is 86.9 Å². The molecule has 0 radical (unpaired) electrons. The van der Waals surface area contributed by atoms with Gasteiger partial charge in [0.25, 0.3) is 5.91 Å². The van der Waals surface area contributed by atoms with Gasteiger partial charge in [0, 0.05) is 83.1 Å². The molecule has 0 spiro atoms. The van der Waals surface area contributed by atoms with Crippen LogP contribution in [-0.4, -0.2) is 107 Å². The molecule has 2 N–H and O–H groups in total. The molecule has 6 heterocycles. The summed E-state index contributed by atoms with van der Waals surface area (Å²) in [6.45, 7) is 7.37. The van der Waals surface area contributed by atoms with Crippen LogP contribution in [0.5, 0.6) is 0 Å². The van der Waals surface area contributed by atoms with Crippen LogP contribution >= 0.6 is 0 Å². The topological polar surface area (TPSA) is 132 Å². The molecular weight excluding hydrogens is 693 g/mol. The van der Waals surface area contributed by atoms with Crippen molar-refractivity contribution in [1.29, 1.82) is 0 Å². The summed E-state index contributed by atoms with van der Waals surface area (Å²) in [6, 6.07) is 14.7. The second kappa shape index (κ2) is 16.4. The molecule has 4 aromatic rings. The molecule has 290 valence electrons. The number of carbonyl (C=O) groups is 3. The van der Waals surface area contributed by atoms with Crippen LogP contribution in [0, 0.1) is 5.92 Å². The number of benzene rings is 1. The molecule has 8 rings (SSSR count). The molecule has 1 unspecified atom stereocenters. The number of anilines is 4. The first kappa shape index (κ1) is 36.9. The zero-order valence-corrected chi connectivity index (χ0v) is 32.3. The number of nitrogens with one attached hydrogen (secondary N) is 2. The maximum Gasteiger partial charge on any atom is 0.270 e. The minimum Gasteiger partial charge on any atom is -0.372 e. The Kier molecular flexibility index (Phi) is 11.0. The second-order valence-electron chi connectivity index (χ2n) is 16.0. The van der Waals surface area contributed by atoms with E-state index >= 15 is 0 Å². The molecule has 0 bridgehead atoms. The molecule has 1 aliphatic carbocycles. The van der Waals surface area contributed by atoms with Gasteiger partial charge in [-0.1, -0.05) is 25.0 Å². The summed E-state index contributed by atoms with van der Waals surface area (Å²) in [4.78, 5) is 60.1. The third-order valence-corrected chi connectivity index (χ3v) is 12.2. The van der Waals surface area contributed by atoms with Crippen LogP contribution in [-0.2, 0) is 9.59 Å². The van der Waals surface area contributed by atoms with Crippen molar-refractivity contribution in [1.82, 2.24) is 34.6 Å². The Balaban J connectivity index is 0.771. The van der Waals surface area contributed by atoms with Gasteiger partial charge < -0.3 is 24.6 Å². The summed E-state index contributed by atoms with van der Waals surface area (Å²) in [5.74, 6) is 1.36. The van der Waals surface area contributed by atoms with Gasteiger partial charge >= 0.3 is 0 Å². The van der Waals surface area contributed by atoms with Crippen LogP contribution in [0.1, 0.15) is 92.2 Å². The van der Waals surface area contributed by atoms with Gasteiger partial charge in [0.2, 0.25) is 17.8 Å². The van der Waals surface area contributed by atoms with Gasteiger partial charge in [0.1, 0.15) is 17.2 Å². The molecular formula is C42H54N10O3. The predicted octanol–water partition coefficient (Wildman–Crippen LogP) is 5.73. The average molecular weight is 747 g/mol. The van der Waals surface area contributed by atoms with E-state index in [2.05, 4.69) is 65.2 Å². The number of imide groups is 1. The number of aromatic nitrogens is 4. The number of nitrogens with zero attached hydrogens (tertiary/aromatic N) is 8. The molecule has 4 aliphatic rings. The van der Waals surface area contributed by atoms with E-state index in [9.17, 15) is 14.4 Å². The quantitative estimate of drug-likeness (QED) is 0.184. The van der Waals surface area contributed by atoms with Gasteiger partial charge in [0.05, 0.1) is 17.8 Å². The summed E-state index contributed by atoms with van der Waals surface area (Å²) in [7, 11) is 3.58. The fraction of sp³-hybridized carbons (Fsp3) is 0.524. The van der Waals surface area contributed by atoms with Gasteiger partial charge in [-0.05, 0) is 93.3 Å². The summed E-state index contributed by atoms with van der Waals surface area (Å²) in [5.41, 5.74) is 4.81. The minimum atomic E-state index is -0.228. The van der Waals surface area contributed by atoms with Crippen LogP contribution in [0.3, 0.4) is 0 Å². The van der Waals surface area contributed by atoms with Crippen LogP contribution in [0.15, 0.2) is 54.9 Å². The molecule has 1 atom stereocenters. The van der Waals surface area contributed by atoms with E-state index < -0.39 is 0 Å². The number of piperazine rings is 1. The van der Waals surface area contributed by atoms with Gasteiger partial charge in [0.15, 0.2) is 0 Å². The van der Waals surface area contributed by atoms with E-state index in [-0.39, 0.29) is 29.7 Å². The van der Waals surface area contributed by atoms with Gasteiger partial charge in [-0.2, -0.15) is 4.98 Å². The highest BCUT2D eigenvalue weighted by molar-refractivity contribution is 6.01. The molecule has 13 nitrogen and oxygen atoms in total. The Bertz CT molecular complexity index is 1970. The second-order valence-corrected chi connectivity index (χ2v) is 16.0. The van der Waals surface area contributed by atoms with Gasteiger partial charge in [-0.25, -0.2) is 9.97 Å². The number of fused-ring (bicyclic) bond motifs is 1. The highest BCUT2D eigenvalue weighted by atomic mass is 16.2.